The van der Waals surface area contributed by atoms with Gasteiger partial charge in [0, 0.05) is 18.0 Å². The number of aromatic amines is 1. The molecule has 0 saturated heterocycles. The summed E-state index contributed by atoms with van der Waals surface area (Å²) in [5, 5.41) is 0. The fourth-order valence-corrected chi connectivity index (χ4v) is 4.77. The fraction of sp³-hybridized carbons (Fsp3) is 0.591. The van der Waals surface area contributed by atoms with E-state index in [1.54, 1.807) is 0 Å². The van der Waals surface area contributed by atoms with Gasteiger partial charge < -0.3 is 5.73 Å². The Labute approximate surface area is 181 Å². The third-order valence-corrected chi connectivity index (χ3v) is 6.02. The number of H-pyrrole nitrogens is 1. The summed E-state index contributed by atoms with van der Waals surface area (Å²) >= 11 is 1.48. The Morgan fingerprint density at radius 3 is 2.40 bits per heavy atom. The highest BCUT2D eigenvalue weighted by molar-refractivity contribution is 7.14. The maximum absolute atomic E-state index is 13.5. The van der Waals surface area contributed by atoms with Gasteiger partial charge in [0.25, 0.3) is 11.5 Å². The van der Waals surface area contributed by atoms with Crippen LogP contribution in [0.15, 0.2) is 15.7 Å². The molecule has 0 unspecified atom stereocenters. The Balaban J connectivity index is 2.62. The van der Waals surface area contributed by atoms with E-state index in [1.165, 1.54) is 31.2 Å². The predicted molar refractivity (Wildman–Crippen MR) is 125 cm³/mol. The Kier molecular flexibility index (Phi) is 8.06. The zero-order valence-electron chi connectivity index (χ0n) is 18.9. The van der Waals surface area contributed by atoms with E-state index < -0.39 is 11.2 Å². The third kappa shape index (κ3) is 5.22. The molecule has 0 spiro atoms. The van der Waals surface area contributed by atoms with Crippen LogP contribution >= 0.6 is 11.3 Å². The number of hydrogen-bond acceptors (Lipinski definition) is 5. The van der Waals surface area contributed by atoms with Gasteiger partial charge in [-0.15, -0.1) is 11.3 Å². The van der Waals surface area contributed by atoms with E-state index in [-0.39, 0.29) is 29.2 Å². The molecule has 0 aliphatic rings. The van der Waals surface area contributed by atoms with Crippen LogP contribution in [-0.4, -0.2) is 22.0 Å². The summed E-state index contributed by atoms with van der Waals surface area (Å²) in [7, 11) is 0. The minimum Gasteiger partial charge on any atom is -0.383 e. The first kappa shape index (κ1) is 23.9. The van der Waals surface area contributed by atoms with Gasteiger partial charge in [0.2, 0.25) is 0 Å². The molecule has 0 bridgehead atoms. The maximum Gasteiger partial charge on any atom is 0.330 e. The lowest BCUT2D eigenvalue weighted by molar-refractivity contribution is 0.0987. The van der Waals surface area contributed by atoms with Crippen LogP contribution < -0.4 is 21.9 Å². The van der Waals surface area contributed by atoms with Gasteiger partial charge in [-0.3, -0.25) is 24.0 Å². The second kappa shape index (κ2) is 10.1. The first-order valence-corrected chi connectivity index (χ1v) is 11.5. The highest BCUT2D eigenvalue weighted by atomic mass is 32.1. The van der Waals surface area contributed by atoms with Crippen molar-refractivity contribution in [2.75, 3.05) is 17.2 Å². The van der Waals surface area contributed by atoms with E-state index in [0.29, 0.717) is 18.0 Å². The van der Waals surface area contributed by atoms with E-state index in [4.69, 9.17) is 5.73 Å². The lowest BCUT2D eigenvalue weighted by atomic mass is 10.1. The first-order valence-electron chi connectivity index (χ1n) is 10.7. The van der Waals surface area contributed by atoms with Gasteiger partial charge >= 0.3 is 5.69 Å². The molecule has 0 aromatic carbocycles. The van der Waals surface area contributed by atoms with Gasteiger partial charge in [-0.05, 0) is 36.3 Å². The average Bonchev–Trinajstić information content (AvgIpc) is 3.06. The smallest absolute Gasteiger partial charge is 0.330 e. The molecular formula is C22H34N4O3S. The molecule has 3 N–H and O–H groups in total. The van der Waals surface area contributed by atoms with E-state index >= 15 is 0 Å². The molecule has 0 saturated carbocycles. The highest BCUT2D eigenvalue weighted by Crippen LogP contribution is 2.28. The van der Waals surface area contributed by atoms with Gasteiger partial charge in [-0.25, -0.2) is 4.79 Å². The second-order valence-electron chi connectivity index (χ2n) is 8.47. The lowest BCUT2D eigenvalue weighted by Gasteiger charge is -2.26. The Bertz CT molecular complexity index is 1000. The Morgan fingerprint density at radius 2 is 1.87 bits per heavy atom. The molecule has 0 radical (unpaired) electrons. The standard InChI is InChI=1S/C22H34N4O3S/c1-7-9-16-15(8-2)10-17(30-16)21(28)25(11-13(3)4)18-19(23)26(12-14(5)6)22(29)24-20(18)27/h10,13-14H,7-9,11-12,23H2,1-6H3,(H,24,27,29). The molecule has 30 heavy (non-hydrogen) atoms. The number of aromatic nitrogens is 2. The van der Waals surface area contributed by atoms with Crippen molar-refractivity contribution in [1.29, 1.82) is 0 Å². The molecule has 1 amide bonds. The molecule has 0 aliphatic heterocycles. The molecule has 7 nitrogen and oxygen atoms in total. The zero-order chi connectivity index (χ0) is 22.6. The number of hydrogen-bond donors (Lipinski definition) is 2. The van der Waals surface area contributed by atoms with E-state index in [0.717, 1.165) is 19.3 Å². The molecule has 0 atom stereocenters. The summed E-state index contributed by atoms with van der Waals surface area (Å²) in [5.74, 6) is 0.0446. The summed E-state index contributed by atoms with van der Waals surface area (Å²) in [6.07, 6.45) is 2.78. The molecule has 8 heteroatoms. The van der Waals surface area contributed by atoms with Crippen LogP contribution in [-0.2, 0) is 19.4 Å². The van der Waals surface area contributed by atoms with Crippen LogP contribution in [0.2, 0.25) is 0 Å². The van der Waals surface area contributed by atoms with E-state index in [1.807, 2.05) is 33.8 Å². The summed E-state index contributed by atoms with van der Waals surface area (Å²) in [4.78, 5) is 44.2. The first-order chi connectivity index (χ1) is 14.1. The summed E-state index contributed by atoms with van der Waals surface area (Å²) in [6.45, 7) is 12.7. The van der Waals surface area contributed by atoms with Crippen molar-refractivity contribution in [2.24, 2.45) is 11.8 Å². The predicted octanol–water partition coefficient (Wildman–Crippen LogP) is 3.65. The molecule has 166 valence electrons. The Hall–Kier alpha value is -2.35. The van der Waals surface area contributed by atoms with Crippen LogP contribution in [0.25, 0.3) is 0 Å². The molecule has 2 aromatic heterocycles. The third-order valence-electron chi connectivity index (χ3n) is 4.79. The molecule has 2 aromatic rings. The van der Waals surface area contributed by atoms with Gasteiger partial charge in [-0.1, -0.05) is 48.0 Å². The van der Waals surface area contributed by atoms with Crippen molar-refractivity contribution >= 4 is 28.7 Å². The number of nitrogens with zero attached hydrogens (tertiary/aromatic N) is 2. The number of carbonyl (C=O) groups is 1. The van der Waals surface area contributed by atoms with Crippen LogP contribution in [0.4, 0.5) is 11.5 Å². The van der Waals surface area contributed by atoms with Crippen LogP contribution in [0.3, 0.4) is 0 Å². The van der Waals surface area contributed by atoms with Gasteiger partial charge in [-0.2, -0.15) is 0 Å². The maximum atomic E-state index is 13.5. The normalized spacial score (nSPS) is 11.5. The van der Waals surface area contributed by atoms with Gasteiger partial charge in [0.05, 0.1) is 4.88 Å². The second-order valence-corrected chi connectivity index (χ2v) is 9.61. The number of amides is 1. The number of nitrogens with one attached hydrogen (secondary N) is 1. The molecule has 0 aliphatic carbocycles. The van der Waals surface area contributed by atoms with Crippen molar-refractivity contribution in [1.82, 2.24) is 9.55 Å². The minimum absolute atomic E-state index is 0.0347. The van der Waals surface area contributed by atoms with Crippen LogP contribution in [0, 0.1) is 11.8 Å². The number of thiophene rings is 1. The van der Waals surface area contributed by atoms with Crippen molar-refractivity contribution < 1.29 is 4.79 Å². The summed E-state index contributed by atoms with van der Waals surface area (Å²) in [6, 6.07) is 1.93. The van der Waals surface area contributed by atoms with Gasteiger partial charge in [0.1, 0.15) is 5.82 Å². The minimum atomic E-state index is -0.632. The molecule has 0 fully saturated rings. The van der Waals surface area contributed by atoms with Crippen molar-refractivity contribution in [3.05, 3.63) is 42.2 Å². The average molecular weight is 435 g/mol. The van der Waals surface area contributed by atoms with Crippen LogP contribution in [0.5, 0.6) is 0 Å². The van der Waals surface area contributed by atoms with E-state index in [2.05, 4.69) is 18.8 Å². The molecular weight excluding hydrogens is 400 g/mol. The lowest BCUT2D eigenvalue weighted by Crippen LogP contribution is -2.42. The number of nitrogen functional groups attached to an aromatic ring is 1. The largest absolute Gasteiger partial charge is 0.383 e. The van der Waals surface area contributed by atoms with Gasteiger partial charge in [0.15, 0.2) is 5.69 Å². The molecule has 2 heterocycles. The number of aryl methyl sites for hydroxylation is 2. The number of anilines is 2. The SMILES string of the molecule is CCCc1sc(C(=O)N(CC(C)C)c2c(N)n(CC(C)C)c(=O)[nH]c2=O)cc1CC. The van der Waals surface area contributed by atoms with E-state index in [9.17, 15) is 14.4 Å². The Morgan fingerprint density at radius 1 is 1.20 bits per heavy atom. The summed E-state index contributed by atoms with van der Waals surface area (Å²) in [5.41, 5.74) is 6.32. The zero-order valence-corrected chi connectivity index (χ0v) is 19.7. The van der Waals surface area contributed by atoms with Crippen LogP contribution in [0.1, 0.15) is 68.1 Å². The highest BCUT2D eigenvalue weighted by Gasteiger charge is 2.27. The van der Waals surface area contributed by atoms with Crippen molar-refractivity contribution in [3.63, 3.8) is 0 Å². The monoisotopic (exact) mass is 434 g/mol. The van der Waals surface area contributed by atoms with Crippen molar-refractivity contribution in [2.45, 2.75) is 67.3 Å². The quantitative estimate of drug-likeness (QED) is 0.629. The topological polar surface area (TPSA) is 101 Å². The summed E-state index contributed by atoms with van der Waals surface area (Å²) < 4.78 is 1.34. The fourth-order valence-electron chi connectivity index (χ4n) is 3.47. The van der Waals surface area contributed by atoms with Crippen molar-refractivity contribution in [3.8, 4) is 0 Å². The number of rotatable bonds is 9. The molecule has 2 rings (SSSR count). The number of carbonyl (C=O) groups excluding carboxylic acids is 1. The number of nitrogens with two attached hydrogens (primary N) is 1.